The SMILES string of the molecule is CCOC(=O)/C(=C/C(F)(F)F)OS(=O)(=O)c1ccc(C)cc1. The number of hydrogen-bond donors (Lipinski definition) is 0. The summed E-state index contributed by atoms with van der Waals surface area (Å²) in [4.78, 5) is 11.0. The summed E-state index contributed by atoms with van der Waals surface area (Å²) in [5.41, 5.74) is 0.746. The van der Waals surface area contributed by atoms with Crippen molar-refractivity contribution in [2.75, 3.05) is 6.61 Å². The zero-order valence-corrected chi connectivity index (χ0v) is 12.5. The summed E-state index contributed by atoms with van der Waals surface area (Å²) >= 11 is 0. The van der Waals surface area contributed by atoms with Gasteiger partial charge in [-0.15, -0.1) is 0 Å². The number of hydrogen-bond acceptors (Lipinski definition) is 5. The average Bonchev–Trinajstić information content (AvgIpc) is 2.36. The van der Waals surface area contributed by atoms with E-state index in [1.807, 2.05) is 0 Å². The summed E-state index contributed by atoms with van der Waals surface area (Å²) in [7, 11) is -4.58. The molecule has 0 spiro atoms. The van der Waals surface area contributed by atoms with Crippen molar-refractivity contribution in [2.45, 2.75) is 24.9 Å². The smallest absolute Gasteiger partial charge is 0.413 e. The number of carbonyl (C=O) groups excluding carboxylic acids is 1. The lowest BCUT2D eigenvalue weighted by molar-refractivity contribution is -0.142. The third kappa shape index (κ3) is 5.40. The molecule has 5 nitrogen and oxygen atoms in total. The van der Waals surface area contributed by atoms with Crippen molar-refractivity contribution in [1.29, 1.82) is 0 Å². The normalized spacial score (nSPS) is 12.9. The minimum absolute atomic E-state index is 0.234. The molecule has 0 unspecified atom stereocenters. The Labute approximate surface area is 125 Å². The van der Waals surface area contributed by atoms with Crippen molar-refractivity contribution >= 4 is 16.1 Å². The van der Waals surface area contributed by atoms with Gasteiger partial charge in [0.2, 0.25) is 5.76 Å². The van der Waals surface area contributed by atoms with Crippen LogP contribution in [0, 0.1) is 6.92 Å². The van der Waals surface area contributed by atoms with E-state index >= 15 is 0 Å². The lowest BCUT2D eigenvalue weighted by Crippen LogP contribution is -2.18. The van der Waals surface area contributed by atoms with Crippen LogP contribution in [0.4, 0.5) is 13.2 Å². The zero-order chi connectivity index (χ0) is 17.0. The number of halogens is 3. The minimum atomic E-state index is -4.94. The fraction of sp³-hybridized carbons (Fsp3) is 0.308. The Morgan fingerprint density at radius 1 is 1.23 bits per heavy atom. The molecule has 0 heterocycles. The van der Waals surface area contributed by atoms with Gasteiger partial charge in [-0.05, 0) is 26.0 Å². The van der Waals surface area contributed by atoms with Crippen LogP contribution in [0.25, 0.3) is 0 Å². The van der Waals surface area contributed by atoms with Gasteiger partial charge in [0.05, 0.1) is 12.7 Å². The van der Waals surface area contributed by atoms with Gasteiger partial charge in [-0.25, -0.2) is 4.79 Å². The number of benzene rings is 1. The van der Waals surface area contributed by atoms with E-state index in [0.717, 1.165) is 17.7 Å². The van der Waals surface area contributed by atoms with E-state index in [9.17, 15) is 26.4 Å². The van der Waals surface area contributed by atoms with E-state index in [1.54, 1.807) is 6.92 Å². The molecular weight excluding hydrogens is 325 g/mol. The summed E-state index contributed by atoms with van der Waals surface area (Å²) in [6.45, 7) is 2.82. The highest BCUT2D eigenvalue weighted by atomic mass is 32.2. The van der Waals surface area contributed by atoms with Crippen LogP contribution in [0.1, 0.15) is 12.5 Å². The number of aryl methyl sites for hydroxylation is 1. The summed E-state index contributed by atoms with van der Waals surface area (Å²) in [6, 6.07) is 5.18. The second kappa shape index (κ2) is 6.82. The minimum Gasteiger partial charge on any atom is -0.460 e. The first-order valence-corrected chi connectivity index (χ1v) is 7.44. The Balaban J connectivity index is 3.15. The molecule has 0 aliphatic heterocycles. The Morgan fingerprint density at radius 2 is 1.77 bits per heavy atom. The van der Waals surface area contributed by atoms with Gasteiger partial charge in [-0.2, -0.15) is 21.6 Å². The number of rotatable bonds is 5. The standard InChI is InChI=1S/C13H13F3O5S/c1-3-20-12(17)11(8-13(14,15)16)21-22(18,19)10-6-4-9(2)5-7-10/h4-8H,3H2,1-2H3/b11-8-. The maximum absolute atomic E-state index is 12.4. The largest absolute Gasteiger partial charge is 0.460 e. The molecule has 0 atom stereocenters. The molecule has 1 aromatic rings. The van der Waals surface area contributed by atoms with Crippen LogP contribution in [0.3, 0.4) is 0 Å². The molecule has 0 N–H and O–H groups in total. The van der Waals surface area contributed by atoms with E-state index < -0.39 is 34.1 Å². The van der Waals surface area contributed by atoms with Gasteiger partial charge >= 0.3 is 22.3 Å². The second-order valence-electron chi connectivity index (χ2n) is 4.12. The van der Waals surface area contributed by atoms with Crippen molar-refractivity contribution < 1.29 is 35.3 Å². The molecule has 0 saturated carbocycles. The van der Waals surface area contributed by atoms with Crippen molar-refractivity contribution in [3.05, 3.63) is 41.7 Å². The molecule has 122 valence electrons. The molecular formula is C13H13F3O5S. The molecule has 0 amide bonds. The quantitative estimate of drug-likeness (QED) is 0.357. The monoisotopic (exact) mass is 338 g/mol. The molecule has 1 aromatic carbocycles. The topological polar surface area (TPSA) is 69.7 Å². The molecule has 9 heteroatoms. The van der Waals surface area contributed by atoms with Crippen molar-refractivity contribution in [2.24, 2.45) is 0 Å². The number of carbonyl (C=O) groups is 1. The van der Waals surface area contributed by atoms with Gasteiger partial charge in [-0.1, -0.05) is 17.7 Å². The first kappa shape index (κ1) is 18.0. The van der Waals surface area contributed by atoms with Crippen molar-refractivity contribution in [3.63, 3.8) is 0 Å². The predicted molar refractivity (Wildman–Crippen MR) is 70.2 cm³/mol. The van der Waals surface area contributed by atoms with Gasteiger partial charge < -0.3 is 8.92 Å². The average molecular weight is 338 g/mol. The van der Waals surface area contributed by atoms with Crippen LogP contribution in [-0.2, 0) is 23.8 Å². The summed E-state index contributed by atoms with van der Waals surface area (Å²) in [6.07, 6.45) is -5.50. The highest BCUT2D eigenvalue weighted by Crippen LogP contribution is 2.23. The van der Waals surface area contributed by atoms with Gasteiger partial charge in [0.1, 0.15) is 4.90 Å². The maximum Gasteiger partial charge on any atom is 0.413 e. The van der Waals surface area contributed by atoms with E-state index in [0.29, 0.717) is 0 Å². The van der Waals surface area contributed by atoms with E-state index in [2.05, 4.69) is 8.92 Å². The van der Waals surface area contributed by atoms with Crippen LogP contribution >= 0.6 is 0 Å². The first-order chi connectivity index (χ1) is 10.0. The van der Waals surface area contributed by atoms with Gasteiger partial charge in [0, 0.05) is 0 Å². The third-order valence-electron chi connectivity index (χ3n) is 2.28. The van der Waals surface area contributed by atoms with Crippen LogP contribution in [0.15, 0.2) is 41.0 Å². The van der Waals surface area contributed by atoms with E-state index in [-0.39, 0.29) is 11.5 Å². The van der Waals surface area contributed by atoms with E-state index in [1.165, 1.54) is 19.1 Å². The van der Waals surface area contributed by atoms with Gasteiger partial charge in [0.15, 0.2) is 0 Å². The Kier molecular flexibility index (Phi) is 5.59. The Hall–Kier alpha value is -2.03. The Bertz CT molecular complexity index is 660. The molecule has 0 aliphatic carbocycles. The molecule has 1 rings (SSSR count). The molecule has 0 aromatic heterocycles. The number of ether oxygens (including phenoxy) is 1. The second-order valence-corrected chi connectivity index (χ2v) is 5.67. The molecule has 0 bridgehead atoms. The summed E-state index contributed by atoms with van der Waals surface area (Å²) < 4.78 is 69.6. The molecule has 0 saturated heterocycles. The molecule has 22 heavy (non-hydrogen) atoms. The fourth-order valence-corrected chi connectivity index (χ4v) is 2.26. The molecule has 0 fully saturated rings. The Morgan fingerprint density at radius 3 is 2.23 bits per heavy atom. The van der Waals surface area contributed by atoms with Crippen molar-refractivity contribution in [3.8, 4) is 0 Å². The van der Waals surface area contributed by atoms with Crippen LogP contribution in [-0.4, -0.2) is 27.2 Å². The van der Waals surface area contributed by atoms with Gasteiger partial charge in [-0.3, -0.25) is 0 Å². The van der Waals surface area contributed by atoms with Crippen LogP contribution < -0.4 is 0 Å². The van der Waals surface area contributed by atoms with Crippen LogP contribution in [0.5, 0.6) is 0 Å². The fourth-order valence-electron chi connectivity index (χ4n) is 1.34. The predicted octanol–water partition coefficient (Wildman–Crippen LogP) is 2.71. The van der Waals surface area contributed by atoms with Crippen molar-refractivity contribution in [1.82, 2.24) is 0 Å². The van der Waals surface area contributed by atoms with Gasteiger partial charge in [0.25, 0.3) is 0 Å². The highest BCUT2D eigenvalue weighted by Gasteiger charge is 2.32. The first-order valence-electron chi connectivity index (χ1n) is 6.03. The lowest BCUT2D eigenvalue weighted by Gasteiger charge is -2.11. The number of allylic oxidation sites excluding steroid dienone is 1. The van der Waals surface area contributed by atoms with E-state index in [4.69, 9.17) is 0 Å². The number of alkyl halides is 3. The number of esters is 1. The maximum atomic E-state index is 12.4. The highest BCUT2D eigenvalue weighted by molar-refractivity contribution is 7.86. The molecule has 0 aliphatic rings. The lowest BCUT2D eigenvalue weighted by atomic mass is 10.2. The molecule has 0 radical (unpaired) electrons. The zero-order valence-electron chi connectivity index (χ0n) is 11.7. The third-order valence-corrected chi connectivity index (χ3v) is 3.53. The summed E-state index contributed by atoms with van der Waals surface area (Å²) in [5.74, 6) is -2.97. The van der Waals surface area contributed by atoms with Crippen LogP contribution in [0.2, 0.25) is 0 Å². The summed E-state index contributed by atoms with van der Waals surface area (Å²) in [5, 5.41) is 0.